The first-order chi connectivity index (χ1) is 21.0. The molecule has 5 aromatic rings. The molecule has 0 unspecified atom stereocenters. The molecule has 1 N–H and O–H groups in total. The van der Waals surface area contributed by atoms with Gasteiger partial charge in [-0.2, -0.15) is 18.3 Å². The topological polar surface area (TPSA) is 108 Å². The Labute approximate surface area is 246 Å². The predicted octanol–water partition coefficient (Wildman–Crippen LogP) is 6.86. The highest BCUT2D eigenvalue weighted by Crippen LogP contribution is 2.70. The lowest BCUT2D eigenvalue weighted by Gasteiger charge is -2.69. The van der Waals surface area contributed by atoms with Crippen LogP contribution >= 0.6 is 0 Å². The van der Waals surface area contributed by atoms with E-state index in [1.54, 1.807) is 19.5 Å². The quantitative estimate of drug-likeness (QED) is 0.201. The Hall–Kier alpha value is -4.39. The molecule has 3 fully saturated rings. The van der Waals surface area contributed by atoms with Gasteiger partial charge in [0.2, 0.25) is 0 Å². The second-order valence-electron chi connectivity index (χ2n) is 12.2. The summed E-state index contributed by atoms with van der Waals surface area (Å²) >= 11 is 0. The minimum atomic E-state index is -4.68. The Kier molecular flexibility index (Phi) is 5.75. The molecular formula is C31H26F4N4O5. The number of rotatable bonds is 7. The smallest absolute Gasteiger partial charge is 0.438 e. The maximum absolute atomic E-state index is 15.0. The van der Waals surface area contributed by atoms with Crippen molar-refractivity contribution in [2.75, 3.05) is 0 Å². The average Bonchev–Trinajstić information content (AvgIpc) is 3.69. The summed E-state index contributed by atoms with van der Waals surface area (Å²) in [7, 11) is 0. The maximum atomic E-state index is 15.0. The number of fused-ring (bicyclic) bond motifs is 2. The van der Waals surface area contributed by atoms with Crippen LogP contribution in [0, 0.1) is 5.82 Å². The molecule has 0 aliphatic heterocycles. The number of hydrogen-bond donors (Lipinski definition) is 1. The lowest BCUT2D eigenvalue weighted by molar-refractivity contribution is -0.274. The van der Waals surface area contributed by atoms with Crippen molar-refractivity contribution in [2.45, 2.75) is 74.8 Å². The molecule has 0 radical (unpaired) electrons. The molecule has 9 nitrogen and oxygen atoms in total. The Morgan fingerprint density at radius 2 is 1.91 bits per heavy atom. The van der Waals surface area contributed by atoms with Crippen molar-refractivity contribution in [3.05, 3.63) is 93.6 Å². The van der Waals surface area contributed by atoms with Crippen LogP contribution in [0.4, 0.5) is 17.6 Å². The molecule has 3 heterocycles. The normalized spacial score (nSPS) is 24.9. The van der Waals surface area contributed by atoms with Crippen LogP contribution in [0.25, 0.3) is 16.5 Å². The molecule has 4 aliphatic rings. The number of benzene rings is 2. The van der Waals surface area contributed by atoms with E-state index in [9.17, 15) is 18.0 Å². The first kappa shape index (κ1) is 27.2. The SMILES string of the molecule is C[C@H](Oc1cc(-n2nc(C(F)(F)F)c3c2[C@H](OC24CC(c5noc(=O)[nH]5)(C2)C4)CCC3)ccc1F)c1ccc2cocc2c1. The summed E-state index contributed by atoms with van der Waals surface area (Å²) in [5.41, 5.74) is -0.440. The number of nitrogens with one attached hydrogen (secondary N) is 1. The molecule has 0 saturated heterocycles. The number of furan rings is 1. The van der Waals surface area contributed by atoms with Gasteiger partial charge in [-0.1, -0.05) is 17.3 Å². The van der Waals surface area contributed by atoms with Crippen molar-refractivity contribution < 1.29 is 36.0 Å². The van der Waals surface area contributed by atoms with E-state index in [0.29, 0.717) is 43.6 Å². The monoisotopic (exact) mass is 610 g/mol. The number of aromatic amines is 1. The molecule has 2 aromatic carbocycles. The zero-order valence-corrected chi connectivity index (χ0v) is 23.4. The summed E-state index contributed by atoms with van der Waals surface area (Å²) in [4.78, 5) is 14.1. The van der Waals surface area contributed by atoms with Crippen LogP contribution in [0.3, 0.4) is 0 Å². The summed E-state index contributed by atoms with van der Waals surface area (Å²) in [6, 6.07) is 9.52. The lowest BCUT2D eigenvalue weighted by Crippen LogP contribution is -2.71. The number of aromatic nitrogens is 4. The van der Waals surface area contributed by atoms with Crippen molar-refractivity contribution in [3.63, 3.8) is 0 Å². The van der Waals surface area contributed by atoms with E-state index in [2.05, 4.69) is 19.8 Å². The van der Waals surface area contributed by atoms with Gasteiger partial charge in [0, 0.05) is 27.8 Å². The Morgan fingerprint density at radius 1 is 1.11 bits per heavy atom. The van der Waals surface area contributed by atoms with Gasteiger partial charge in [0.25, 0.3) is 0 Å². The molecular weight excluding hydrogens is 584 g/mol. The van der Waals surface area contributed by atoms with Gasteiger partial charge in [-0.15, -0.1) is 0 Å². The number of hydrogen-bond acceptors (Lipinski definition) is 7. The van der Waals surface area contributed by atoms with Crippen LogP contribution in [0.1, 0.15) is 79.6 Å². The van der Waals surface area contributed by atoms with E-state index >= 15 is 4.39 Å². The third-order valence-electron chi connectivity index (χ3n) is 9.24. The number of alkyl halides is 3. The van der Waals surface area contributed by atoms with Crippen LogP contribution in [0.2, 0.25) is 0 Å². The van der Waals surface area contributed by atoms with Gasteiger partial charge in [0.1, 0.15) is 12.2 Å². The highest BCUT2D eigenvalue weighted by atomic mass is 19.4. The predicted molar refractivity (Wildman–Crippen MR) is 146 cm³/mol. The average molecular weight is 611 g/mol. The molecule has 2 bridgehead atoms. The molecule has 9 rings (SSSR count). The third kappa shape index (κ3) is 4.20. The minimum Gasteiger partial charge on any atom is -0.483 e. The molecule has 2 atom stereocenters. The summed E-state index contributed by atoms with van der Waals surface area (Å²) in [6.45, 7) is 1.76. The Balaban J connectivity index is 1.11. The second-order valence-corrected chi connectivity index (χ2v) is 12.2. The number of H-pyrrole nitrogens is 1. The highest BCUT2D eigenvalue weighted by Gasteiger charge is 2.72. The minimum absolute atomic E-state index is 0.0875. The number of nitrogens with zero attached hydrogens (tertiary/aromatic N) is 3. The molecule has 0 amide bonds. The standard InChI is InChI=1S/C31H26F4N4O5/c1-16(17-5-6-18-11-41-12-19(18)9-17)42-24-10-20(7-8-22(24)32)39-25-21(26(37-39)31(33,34)35)3-2-4-23(25)43-30-13-29(14-30,15-30)27-36-28(40)44-38-27/h5-12,16,23H,2-4,13-15H2,1H3,(H,36,38,40)/t16-,23+,29?,30?/m0/s1. The zero-order chi connectivity index (χ0) is 30.4. The number of halogens is 4. The molecule has 3 aromatic heterocycles. The summed E-state index contributed by atoms with van der Waals surface area (Å²) < 4.78 is 81.4. The Bertz CT molecular complexity index is 1950. The molecule has 44 heavy (non-hydrogen) atoms. The first-order valence-corrected chi connectivity index (χ1v) is 14.4. The second kappa shape index (κ2) is 9.31. The molecule has 4 aliphatic carbocycles. The highest BCUT2D eigenvalue weighted by molar-refractivity contribution is 5.81. The summed E-state index contributed by atoms with van der Waals surface area (Å²) in [5, 5.41) is 9.64. The van der Waals surface area contributed by atoms with Crippen molar-refractivity contribution >= 4 is 10.8 Å². The maximum Gasteiger partial charge on any atom is 0.438 e. The van der Waals surface area contributed by atoms with E-state index < -0.39 is 41.3 Å². The largest absolute Gasteiger partial charge is 0.483 e. The molecule has 228 valence electrons. The van der Waals surface area contributed by atoms with Crippen LogP contribution in [0.15, 0.2) is 62.7 Å². The molecule has 0 spiro atoms. The zero-order valence-electron chi connectivity index (χ0n) is 23.4. The van der Waals surface area contributed by atoms with E-state index in [1.807, 2.05) is 18.2 Å². The van der Waals surface area contributed by atoms with Crippen molar-refractivity contribution in [3.8, 4) is 11.4 Å². The summed E-state index contributed by atoms with van der Waals surface area (Å²) in [6.07, 6.45) is 0.236. The van der Waals surface area contributed by atoms with Crippen molar-refractivity contribution in [2.24, 2.45) is 0 Å². The van der Waals surface area contributed by atoms with Gasteiger partial charge >= 0.3 is 11.9 Å². The van der Waals surface area contributed by atoms with Crippen LogP contribution in [-0.4, -0.2) is 25.5 Å². The van der Waals surface area contributed by atoms with Crippen LogP contribution in [0.5, 0.6) is 5.75 Å². The van der Waals surface area contributed by atoms with Crippen molar-refractivity contribution in [1.82, 2.24) is 19.9 Å². The van der Waals surface area contributed by atoms with Crippen LogP contribution in [-0.2, 0) is 22.7 Å². The fourth-order valence-corrected chi connectivity index (χ4v) is 7.22. The number of ether oxygens (including phenoxy) is 2. The van der Waals surface area contributed by atoms with E-state index in [0.717, 1.165) is 16.3 Å². The third-order valence-corrected chi connectivity index (χ3v) is 9.24. The van der Waals surface area contributed by atoms with Gasteiger partial charge in [-0.3, -0.25) is 9.51 Å². The van der Waals surface area contributed by atoms with Gasteiger partial charge < -0.3 is 13.9 Å². The van der Waals surface area contributed by atoms with Gasteiger partial charge in [-0.25, -0.2) is 13.9 Å². The lowest BCUT2D eigenvalue weighted by atomic mass is 9.40. The molecule has 13 heteroatoms. The van der Waals surface area contributed by atoms with E-state index in [1.165, 1.54) is 22.9 Å². The van der Waals surface area contributed by atoms with E-state index in [-0.39, 0.29) is 28.8 Å². The van der Waals surface area contributed by atoms with Gasteiger partial charge in [-0.05, 0) is 69.2 Å². The fourth-order valence-electron chi connectivity index (χ4n) is 7.22. The fraction of sp³-hybridized carbons (Fsp3) is 0.387. The Morgan fingerprint density at radius 3 is 2.66 bits per heavy atom. The van der Waals surface area contributed by atoms with Gasteiger partial charge in [0.15, 0.2) is 23.1 Å². The van der Waals surface area contributed by atoms with Crippen LogP contribution < -0.4 is 10.5 Å². The molecule has 3 saturated carbocycles. The van der Waals surface area contributed by atoms with E-state index in [4.69, 9.17) is 13.9 Å². The first-order valence-electron chi connectivity index (χ1n) is 14.4. The van der Waals surface area contributed by atoms with Gasteiger partial charge in [0.05, 0.1) is 29.5 Å². The van der Waals surface area contributed by atoms with Crippen molar-refractivity contribution in [1.29, 1.82) is 0 Å². The summed E-state index contributed by atoms with van der Waals surface area (Å²) in [5.74, 6) is -0.924.